The molecule has 0 aliphatic rings. The van der Waals surface area contributed by atoms with Crippen molar-refractivity contribution in [3.8, 4) is 5.69 Å². The highest BCUT2D eigenvalue weighted by atomic mass is 32.2. The molecule has 1 aromatic carbocycles. The van der Waals surface area contributed by atoms with Gasteiger partial charge >= 0.3 is 0 Å². The van der Waals surface area contributed by atoms with Gasteiger partial charge in [-0.25, -0.2) is 4.98 Å². The van der Waals surface area contributed by atoms with Crippen LogP contribution in [0.3, 0.4) is 0 Å². The lowest BCUT2D eigenvalue weighted by molar-refractivity contribution is 0.167. The van der Waals surface area contributed by atoms with E-state index in [0.717, 1.165) is 22.4 Å². The Morgan fingerprint density at radius 1 is 1.08 bits per heavy atom. The van der Waals surface area contributed by atoms with Gasteiger partial charge in [-0.2, -0.15) is 0 Å². The van der Waals surface area contributed by atoms with Crippen LogP contribution in [0.15, 0.2) is 65.2 Å². The van der Waals surface area contributed by atoms with Crippen molar-refractivity contribution in [3.63, 3.8) is 0 Å². The summed E-state index contributed by atoms with van der Waals surface area (Å²) in [6, 6.07) is 14.4. The Balaban J connectivity index is 1.76. The second kappa shape index (κ2) is 7.37. The maximum Gasteiger partial charge on any atom is 0.201 e. The minimum Gasteiger partial charge on any atom is -0.297 e. The van der Waals surface area contributed by atoms with Crippen molar-refractivity contribution in [2.45, 2.75) is 43.0 Å². The fourth-order valence-corrected chi connectivity index (χ4v) is 3.03. The van der Waals surface area contributed by atoms with Gasteiger partial charge in [-0.1, -0.05) is 18.2 Å². The van der Waals surface area contributed by atoms with E-state index < -0.39 is 0 Å². The van der Waals surface area contributed by atoms with E-state index in [0.29, 0.717) is 0 Å². The summed E-state index contributed by atoms with van der Waals surface area (Å²) in [5.41, 5.74) is 2.48. The number of nitrogens with zero attached hydrogens (tertiary/aromatic N) is 5. The molecule has 0 fully saturated rings. The molecule has 130 valence electrons. The molecule has 0 amide bonds. The van der Waals surface area contributed by atoms with Crippen LogP contribution in [0.5, 0.6) is 0 Å². The Kier molecular flexibility index (Phi) is 5.20. The van der Waals surface area contributed by atoms with E-state index in [9.17, 15) is 0 Å². The van der Waals surface area contributed by atoms with Gasteiger partial charge in [-0.05, 0) is 69.4 Å². The van der Waals surface area contributed by atoms with E-state index in [1.807, 2.05) is 22.8 Å². The van der Waals surface area contributed by atoms with Gasteiger partial charge in [0.05, 0.1) is 0 Å². The molecule has 25 heavy (non-hydrogen) atoms. The van der Waals surface area contributed by atoms with E-state index >= 15 is 0 Å². The molecule has 0 aliphatic carbocycles. The van der Waals surface area contributed by atoms with Gasteiger partial charge in [0.15, 0.2) is 0 Å². The Morgan fingerprint density at radius 3 is 2.48 bits per heavy atom. The van der Waals surface area contributed by atoms with Crippen molar-refractivity contribution < 1.29 is 0 Å². The maximum absolute atomic E-state index is 4.33. The number of aromatic nitrogens is 4. The van der Waals surface area contributed by atoms with Crippen LogP contribution in [0.25, 0.3) is 5.69 Å². The monoisotopic (exact) mass is 353 g/mol. The maximum atomic E-state index is 4.33. The van der Waals surface area contributed by atoms with E-state index in [-0.39, 0.29) is 5.54 Å². The van der Waals surface area contributed by atoms with Crippen molar-refractivity contribution in [2.75, 3.05) is 7.05 Å². The predicted octanol–water partition coefficient (Wildman–Crippen LogP) is 4.04. The summed E-state index contributed by atoms with van der Waals surface area (Å²) in [6.45, 7) is 7.58. The molecule has 2 aromatic heterocycles. The molecule has 0 saturated heterocycles. The minimum atomic E-state index is 0.152. The highest BCUT2D eigenvalue weighted by molar-refractivity contribution is 7.99. The third-order valence-corrected chi connectivity index (χ3v) is 5.04. The molecular weight excluding hydrogens is 330 g/mol. The van der Waals surface area contributed by atoms with Gasteiger partial charge in [0.25, 0.3) is 0 Å². The standard InChI is InChI=1S/C19H23N5S/c1-19(2,3)23(4)13-15-8-10-16(11-9-15)24-14-21-22-18(24)25-17-7-5-6-12-20-17/h5-12,14H,13H2,1-4H3. The number of hydrogen-bond acceptors (Lipinski definition) is 5. The van der Waals surface area contributed by atoms with Gasteiger partial charge in [-0.3, -0.25) is 9.47 Å². The van der Waals surface area contributed by atoms with Crippen molar-refractivity contribution in [1.82, 2.24) is 24.6 Å². The molecule has 0 unspecified atom stereocenters. The molecule has 0 spiro atoms. The zero-order valence-electron chi connectivity index (χ0n) is 15.0. The first-order chi connectivity index (χ1) is 11.9. The van der Waals surface area contributed by atoms with Crippen LogP contribution >= 0.6 is 11.8 Å². The number of benzene rings is 1. The Morgan fingerprint density at radius 2 is 1.84 bits per heavy atom. The van der Waals surface area contributed by atoms with Crippen molar-refractivity contribution in [1.29, 1.82) is 0 Å². The smallest absolute Gasteiger partial charge is 0.201 e. The van der Waals surface area contributed by atoms with Crippen molar-refractivity contribution in [3.05, 3.63) is 60.6 Å². The number of pyridine rings is 1. The molecule has 0 saturated carbocycles. The largest absolute Gasteiger partial charge is 0.297 e. The van der Waals surface area contributed by atoms with Crippen LogP contribution in [0, 0.1) is 0 Å². The van der Waals surface area contributed by atoms with Gasteiger partial charge in [0, 0.05) is 24.0 Å². The first-order valence-corrected chi connectivity index (χ1v) is 9.04. The highest BCUT2D eigenvalue weighted by Gasteiger charge is 2.17. The lowest BCUT2D eigenvalue weighted by Gasteiger charge is -2.31. The van der Waals surface area contributed by atoms with Crippen molar-refractivity contribution in [2.24, 2.45) is 0 Å². The first kappa shape index (κ1) is 17.6. The third kappa shape index (κ3) is 4.46. The lowest BCUT2D eigenvalue weighted by Crippen LogP contribution is -2.37. The highest BCUT2D eigenvalue weighted by Crippen LogP contribution is 2.26. The van der Waals surface area contributed by atoms with Crippen LogP contribution in [0.4, 0.5) is 0 Å². The zero-order valence-corrected chi connectivity index (χ0v) is 15.9. The Labute approximate surface area is 153 Å². The summed E-state index contributed by atoms with van der Waals surface area (Å²) in [6.07, 6.45) is 3.52. The molecular formula is C19H23N5S. The Hall–Kier alpha value is -2.18. The van der Waals surface area contributed by atoms with Crippen LogP contribution < -0.4 is 0 Å². The van der Waals surface area contributed by atoms with Gasteiger partial charge in [0.1, 0.15) is 11.4 Å². The summed E-state index contributed by atoms with van der Waals surface area (Å²) >= 11 is 1.50. The van der Waals surface area contributed by atoms with Crippen LogP contribution in [-0.2, 0) is 6.54 Å². The fraction of sp³-hybridized carbons (Fsp3) is 0.316. The third-order valence-electron chi connectivity index (χ3n) is 4.13. The number of rotatable bonds is 5. The first-order valence-electron chi connectivity index (χ1n) is 8.23. The van der Waals surface area contributed by atoms with Crippen molar-refractivity contribution >= 4 is 11.8 Å². The molecule has 2 heterocycles. The zero-order chi connectivity index (χ0) is 17.9. The molecule has 0 atom stereocenters. The molecule has 0 radical (unpaired) electrons. The summed E-state index contributed by atoms with van der Waals surface area (Å²) in [5, 5.41) is 9.98. The average Bonchev–Trinajstić information content (AvgIpc) is 3.04. The average molecular weight is 353 g/mol. The normalized spacial score (nSPS) is 11.9. The summed E-state index contributed by atoms with van der Waals surface area (Å²) in [5.74, 6) is 0. The van der Waals surface area contributed by atoms with E-state index in [1.165, 1.54) is 17.3 Å². The summed E-state index contributed by atoms with van der Waals surface area (Å²) in [4.78, 5) is 6.67. The quantitative estimate of drug-likeness (QED) is 0.693. The topological polar surface area (TPSA) is 46.8 Å². The molecule has 3 aromatic rings. The fourth-order valence-electron chi connectivity index (χ4n) is 2.25. The molecule has 5 nitrogen and oxygen atoms in total. The number of hydrogen-bond donors (Lipinski definition) is 0. The van der Waals surface area contributed by atoms with Crippen LogP contribution in [0.2, 0.25) is 0 Å². The predicted molar refractivity (Wildman–Crippen MR) is 101 cm³/mol. The second-order valence-corrected chi connectivity index (χ2v) is 7.93. The molecule has 0 N–H and O–H groups in total. The molecule has 6 heteroatoms. The van der Waals surface area contributed by atoms with E-state index in [1.54, 1.807) is 12.5 Å². The lowest BCUT2D eigenvalue weighted by atomic mass is 10.1. The van der Waals surface area contributed by atoms with Gasteiger partial charge < -0.3 is 0 Å². The molecule has 0 bridgehead atoms. The summed E-state index contributed by atoms with van der Waals surface area (Å²) in [7, 11) is 2.15. The SMILES string of the molecule is CN(Cc1ccc(-n2cnnc2Sc2ccccn2)cc1)C(C)(C)C. The van der Waals surface area contributed by atoms with Gasteiger partial charge in [0.2, 0.25) is 5.16 Å². The molecule has 3 rings (SSSR count). The Bertz CT molecular complexity index is 806. The second-order valence-electron chi connectivity index (χ2n) is 6.95. The van der Waals surface area contributed by atoms with Gasteiger partial charge in [-0.15, -0.1) is 10.2 Å². The van der Waals surface area contributed by atoms with E-state index in [2.05, 4.69) is 72.2 Å². The minimum absolute atomic E-state index is 0.152. The molecule has 0 aliphatic heterocycles. The van der Waals surface area contributed by atoms with E-state index in [4.69, 9.17) is 0 Å². The summed E-state index contributed by atoms with van der Waals surface area (Å²) < 4.78 is 1.98. The van der Waals surface area contributed by atoms with Crippen LogP contribution in [-0.4, -0.2) is 37.2 Å². The van der Waals surface area contributed by atoms with Crippen LogP contribution in [0.1, 0.15) is 26.3 Å².